The van der Waals surface area contributed by atoms with Crippen molar-refractivity contribution < 1.29 is 9.90 Å². The second-order valence-electron chi connectivity index (χ2n) is 6.18. The van der Waals surface area contributed by atoms with Crippen molar-refractivity contribution in [2.45, 2.75) is 33.4 Å². The average Bonchev–Trinajstić information content (AvgIpc) is 3.27. The van der Waals surface area contributed by atoms with Gasteiger partial charge < -0.3 is 15.7 Å². The Balaban J connectivity index is 0.000000481. The standard InChI is InChI=1S/C15H13ClN6O.C3H8O/c1-8(23)21-6-9-2-3-12-10(4-19-22(12)13(9)7-21)14-11(16)5-18-15(17)20-14;1-2-3-4/h2-5H,6-7H2,1H3,(H2,17,18,20);4H,2-3H2,1H3. The Bertz CT molecular complexity index is 985. The molecule has 3 aromatic rings. The van der Waals surface area contributed by atoms with Crippen molar-refractivity contribution in [2.24, 2.45) is 0 Å². The molecule has 4 heterocycles. The minimum Gasteiger partial charge on any atom is -0.396 e. The van der Waals surface area contributed by atoms with Crippen LogP contribution in [0, 0.1) is 0 Å². The molecule has 0 fully saturated rings. The second-order valence-corrected chi connectivity index (χ2v) is 6.59. The van der Waals surface area contributed by atoms with Gasteiger partial charge in [0, 0.05) is 25.6 Å². The van der Waals surface area contributed by atoms with Crippen LogP contribution in [0.3, 0.4) is 0 Å². The molecule has 0 bridgehead atoms. The first-order valence-electron chi connectivity index (χ1n) is 8.59. The van der Waals surface area contributed by atoms with Crippen LogP contribution in [0.2, 0.25) is 5.02 Å². The number of aliphatic hydroxyl groups is 1. The molecule has 3 N–H and O–H groups in total. The van der Waals surface area contributed by atoms with Crippen LogP contribution in [0.4, 0.5) is 5.95 Å². The number of nitrogen functional groups attached to an aromatic ring is 1. The van der Waals surface area contributed by atoms with E-state index in [1.54, 1.807) is 18.0 Å². The van der Waals surface area contributed by atoms with Crippen LogP contribution in [-0.2, 0) is 17.9 Å². The van der Waals surface area contributed by atoms with Gasteiger partial charge in [0.1, 0.15) is 0 Å². The number of halogens is 1. The number of fused-ring (bicyclic) bond motifs is 3. The van der Waals surface area contributed by atoms with E-state index < -0.39 is 0 Å². The highest BCUT2D eigenvalue weighted by molar-refractivity contribution is 6.33. The van der Waals surface area contributed by atoms with E-state index in [0.29, 0.717) is 30.4 Å². The molecule has 0 saturated heterocycles. The maximum Gasteiger partial charge on any atom is 0.220 e. The van der Waals surface area contributed by atoms with Crippen molar-refractivity contribution in [3.05, 3.63) is 40.8 Å². The molecule has 0 aliphatic carbocycles. The summed E-state index contributed by atoms with van der Waals surface area (Å²) in [6, 6.07) is 3.97. The van der Waals surface area contributed by atoms with Crippen molar-refractivity contribution in [3.63, 3.8) is 0 Å². The topological polar surface area (TPSA) is 110 Å². The Kier molecular flexibility index (Phi) is 5.57. The lowest BCUT2D eigenvalue weighted by Crippen LogP contribution is -2.22. The first-order valence-corrected chi connectivity index (χ1v) is 8.97. The Morgan fingerprint density at radius 3 is 2.74 bits per heavy atom. The number of anilines is 1. The number of carbonyl (C=O) groups is 1. The summed E-state index contributed by atoms with van der Waals surface area (Å²) >= 11 is 6.20. The molecule has 0 unspecified atom stereocenters. The third-order valence-electron chi connectivity index (χ3n) is 4.26. The Labute approximate surface area is 161 Å². The number of nitrogens with two attached hydrogens (primary N) is 1. The number of carbonyl (C=O) groups excluding carboxylic acids is 1. The summed E-state index contributed by atoms with van der Waals surface area (Å²) in [6.07, 6.45) is 4.06. The number of aliphatic hydroxyl groups excluding tert-OH is 1. The van der Waals surface area contributed by atoms with Gasteiger partial charge in [-0.3, -0.25) is 4.79 Å². The fourth-order valence-electron chi connectivity index (χ4n) is 2.87. The monoisotopic (exact) mass is 388 g/mol. The summed E-state index contributed by atoms with van der Waals surface area (Å²) in [5.41, 5.74) is 9.97. The SMILES string of the molecule is CC(=O)N1Cc2ccc3c(-c4nc(N)ncc4Cl)cnn3c2C1.CCCO. The summed E-state index contributed by atoms with van der Waals surface area (Å²) < 4.78 is 1.84. The average molecular weight is 389 g/mol. The summed E-state index contributed by atoms with van der Waals surface area (Å²) in [5.74, 6) is 0.209. The van der Waals surface area contributed by atoms with E-state index in [2.05, 4.69) is 15.1 Å². The van der Waals surface area contributed by atoms with E-state index in [4.69, 9.17) is 22.4 Å². The third-order valence-corrected chi connectivity index (χ3v) is 4.54. The maximum atomic E-state index is 11.6. The molecule has 142 valence electrons. The van der Waals surface area contributed by atoms with Crippen LogP contribution < -0.4 is 5.73 Å². The lowest BCUT2D eigenvalue weighted by molar-refractivity contribution is -0.129. The number of hydrogen-bond acceptors (Lipinski definition) is 6. The van der Waals surface area contributed by atoms with Crippen LogP contribution >= 0.6 is 11.6 Å². The molecule has 4 rings (SSSR count). The zero-order valence-corrected chi connectivity index (χ0v) is 15.9. The van der Waals surface area contributed by atoms with E-state index in [-0.39, 0.29) is 11.9 Å². The van der Waals surface area contributed by atoms with Crippen molar-refractivity contribution in [3.8, 4) is 11.3 Å². The van der Waals surface area contributed by atoms with Crippen LogP contribution in [0.15, 0.2) is 24.5 Å². The van der Waals surface area contributed by atoms with E-state index in [1.807, 2.05) is 23.6 Å². The lowest BCUT2D eigenvalue weighted by Gasteiger charge is -2.10. The van der Waals surface area contributed by atoms with Gasteiger partial charge in [-0.15, -0.1) is 0 Å². The minimum atomic E-state index is 0.0494. The van der Waals surface area contributed by atoms with E-state index >= 15 is 0 Å². The van der Waals surface area contributed by atoms with Crippen LogP contribution in [0.25, 0.3) is 16.8 Å². The number of rotatable bonds is 2. The van der Waals surface area contributed by atoms with Crippen molar-refractivity contribution >= 4 is 29.0 Å². The molecule has 0 atom stereocenters. The van der Waals surface area contributed by atoms with Gasteiger partial charge >= 0.3 is 0 Å². The number of nitrogens with zero attached hydrogens (tertiary/aromatic N) is 5. The first-order chi connectivity index (χ1) is 13.0. The largest absolute Gasteiger partial charge is 0.396 e. The van der Waals surface area contributed by atoms with Gasteiger partial charge in [-0.05, 0) is 18.1 Å². The lowest BCUT2D eigenvalue weighted by atomic mass is 10.1. The molecule has 1 amide bonds. The Morgan fingerprint density at radius 2 is 2.07 bits per heavy atom. The number of amides is 1. The second kappa shape index (κ2) is 7.89. The molecule has 0 saturated carbocycles. The van der Waals surface area contributed by atoms with Gasteiger partial charge in [-0.25, -0.2) is 14.5 Å². The summed E-state index contributed by atoms with van der Waals surface area (Å²) in [4.78, 5) is 21.5. The zero-order valence-electron chi connectivity index (χ0n) is 15.2. The van der Waals surface area contributed by atoms with Crippen molar-refractivity contribution in [2.75, 3.05) is 12.3 Å². The van der Waals surface area contributed by atoms with Crippen LogP contribution in [0.1, 0.15) is 31.5 Å². The van der Waals surface area contributed by atoms with Gasteiger partial charge in [0.2, 0.25) is 11.9 Å². The smallest absolute Gasteiger partial charge is 0.220 e. The molecular weight excluding hydrogens is 368 g/mol. The predicted octanol–water partition coefficient (Wildman–Crippen LogP) is 2.28. The Morgan fingerprint density at radius 1 is 1.33 bits per heavy atom. The van der Waals surface area contributed by atoms with E-state index in [0.717, 1.165) is 28.8 Å². The highest BCUT2D eigenvalue weighted by Gasteiger charge is 2.25. The molecule has 3 aromatic heterocycles. The molecule has 0 aromatic carbocycles. The molecule has 9 heteroatoms. The van der Waals surface area contributed by atoms with Gasteiger partial charge in [0.15, 0.2) is 0 Å². The molecule has 0 spiro atoms. The predicted molar refractivity (Wildman–Crippen MR) is 103 cm³/mol. The highest BCUT2D eigenvalue weighted by atomic mass is 35.5. The highest BCUT2D eigenvalue weighted by Crippen LogP contribution is 2.32. The quantitative estimate of drug-likeness (QED) is 0.696. The van der Waals surface area contributed by atoms with Crippen LogP contribution in [0.5, 0.6) is 0 Å². The molecule has 27 heavy (non-hydrogen) atoms. The normalized spacial score (nSPS) is 12.7. The fourth-order valence-corrected chi connectivity index (χ4v) is 3.07. The number of pyridine rings is 1. The maximum absolute atomic E-state index is 11.6. The summed E-state index contributed by atoms with van der Waals surface area (Å²) in [6.45, 7) is 4.97. The molecule has 1 aliphatic heterocycles. The summed E-state index contributed by atoms with van der Waals surface area (Å²) in [5, 5.41) is 12.7. The van der Waals surface area contributed by atoms with Crippen LogP contribution in [-0.4, -0.2) is 42.1 Å². The minimum absolute atomic E-state index is 0.0494. The van der Waals surface area contributed by atoms with E-state index in [1.165, 1.54) is 6.20 Å². The van der Waals surface area contributed by atoms with Gasteiger partial charge in [-0.2, -0.15) is 5.10 Å². The van der Waals surface area contributed by atoms with Crippen molar-refractivity contribution in [1.82, 2.24) is 24.5 Å². The number of aromatic nitrogens is 4. The molecular formula is C18H21ClN6O2. The first kappa shape index (κ1) is 19.1. The van der Waals surface area contributed by atoms with Crippen molar-refractivity contribution in [1.29, 1.82) is 0 Å². The Hall–Kier alpha value is -2.71. The zero-order chi connectivity index (χ0) is 19.6. The van der Waals surface area contributed by atoms with Gasteiger partial charge in [0.05, 0.1) is 40.9 Å². The molecule has 8 nitrogen and oxygen atoms in total. The molecule has 0 radical (unpaired) electrons. The van der Waals surface area contributed by atoms with Gasteiger partial charge in [0.25, 0.3) is 0 Å². The number of hydrogen-bond donors (Lipinski definition) is 2. The summed E-state index contributed by atoms with van der Waals surface area (Å²) in [7, 11) is 0. The molecule has 1 aliphatic rings. The van der Waals surface area contributed by atoms with Gasteiger partial charge in [-0.1, -0.05) is 24.6 Å². The fraction of sp³-hybridized carbons (Fsp3) is 0.333. The van der Waals surface area contributed by atoms with E-state index in [9.17, 15) is 4.79 Å². The third kappa shape index (κ3) is 3.72.